The number of primary amides is 1. The number of nitrogens with zero attached hydrogens (tertiary/aromatic N) is 4. The van der Waals surface area contributed by atoms with Crippen molar-refractivity contribution in [3.05, 3.63) is 70.0 Å². The molecule has 0 unspecified atom stereocenters. The molecule has 8 heteroatoms. The highest BCUT2D eigenvalue weighted by atomic mass is 16.2. The van der Waals surface area contributed by atoms with Crippen LogP contribution in [0, 0.1) is 13.8 Å². The fraction of sp³-hybridized carbons (Fsp3) is 0.357. The predicted octanol–water partition coefficient (Wildman–Crippen LogP) is 3.87. The normalized spacial score (nSPS) is 15.9. The minimum atomic E-state index is -0.638. The van der Waals surface area contributed by atoms with Gasteiger partial charge in [-0.25, -0.2) is 4.68 Å². The number of hydrogen-bond acceptors (Lipinski definition) is 4. The zero-order valence-electron chi connectivity index (χ0n) is 21.0. The summed E-state index contributed by atoms with van der Waals surface area (Å²) < 4.78 is 1.57. The Balaban J connectivity index is 1.55. The zero-order chi connectivity index (χ0) is 25.6. The van der Waals surface area contributed by atoms with E-state index in [0.717, 1.165) is 59.6 Å². The van der Waals surface area contributed by atoms with E-state index in [4.69, 9.17) is 5.73 Å². The number of carbonyl (C=O) groups is 3. The van der Waals surface area contributed by atoms with Gasteiger partial charge in [-0.1, -0.05) is 13.0 Å². The van der Waals surface area contributed by atoms with Gasteiger partial charge in [0.1, 0.15) is 5.69 Å². The number of nitrogens with two attached hydrogens (primary N) is 1. The molecule has 5 rings (SSSR count). The summed E-state index contributed by atoms with van der Waals surface area (Å²) in [4.78, 5) is 42.1. The lowest BCUT2D eigenvalue weighted by atomic mass is 10.0. The zero-order valence-corrected chi connectivity index (χ0v) is 21.0. The number of carbonyl (C=O) groups excluding carboxylic acids is 3. The van der Waals surface area contributed by atoms with Crippen LogP contribution in [0.1, 0.15) is 69.4 Å². The third-order valence-corrected chi connectivity index (χ3v) is 7.31. The highest BCUT2D eigenvalue weighted by Crippen LogP contribution is 2.33. The molecule has 2 aliphatic rings. The van der Waals surface area contributed by atoms with Gasteiger partial charge in [-0.3, -0.25) is 14.4 Å². The molecule has 2 N–H and O–H groups in total. The molecule has 36 heavy (non-hydrogen) atoms. The van der Waals surface area contributed by atoms with Crippen molar-refractivity contribution < 1.29 is 14.4 Å². The van der Waals surface area contributed by atoms with E-state index < -0.39 is 5.91 Å². The van der Waals surface area contributed by atoms with Crippen molar-refractivity contribution >= 4 is 29.1 Å². The molecular formula is C28H31N5O3. The van der Waals surface area contributed by atoms with Crippen LogP contribution >= 0.6 is 0 Å². The molecule has 3 heterocycles. The molecule has 0 atom stereocenters. The van der Waals surface area contributed by atoms with Gasteiger partial charge < -0.3 is 15.5 Å². The summed E-state index contributed by atoms with van der Waals surface area (Å²) in [6.45, 7) is 7.21. The minimum absolute atomic E-state index is 0.138. The molecule has 1 saturated heterocycles. The maximum Gasteiger partial charge on any atom is 0.277 e. The average Bonchev–Trinajstić information content (AvgIpc) is 3.26. The molecule has 2 aromatic carbocycles. The van der Waals surface area contributed by atoms with Crippen LogP contribution in [0.2, 0.25) is 0 Å². The van der Waals surface area contributed by atoms with Gasteiger partial charge >= 0.3 is 0 Å². The van der Waals surface area contributed by atoms with E-state index in [9.17, 15) is 14.4 Å². The quantitative estimate of drug-likeness (QED) is 0.593. The number of piperidine rings is 1. The van der Waals surface area contributed by atoms with Gasteiger partial charge in [-0.15, -0.1) is 0 Å². The maximum absolute atomic E-state index is 13.9. The smallest absolute Gasteiger partial charge is 0.277 e. The van der Waals surface area contributed by atoms with Gasteiger partial charge in [0.25, 0.3) is 11.8 Å². The number of hydrogen-bond donors (Lipinski definition) is 1. The fourth-order valence-corrected chi connectivity index (χ4v) is 5.33. The van der Waals surface area contributed by atoms with E-state index in [0.29, 0.717) is 30.6 Å². The summed E-state index contributed by atoms with van der Waals surface area (Å²) in [7, 11) is 0. The summed E-state index contributed by atoms with van der Waals surface area (Å²) in [5.41, 5.74) is 12.4. The van der Waals surface area contributed by atoms with Gasteiger partial charge in [0.05, 0.1) is 5.69 Å². The molecular weight excluding hydrogens is 454 g/mol. The van der Waals surface area contributed by atoms with E-state index in [1.165, 1.54) is 0 Å². The Morgan fingerprint density at radius 3 is 2.42 bits per heavy atom. The van der Waals surface area contributed by atoms with Gasteiger partial charge in [-0.05, 0) is 86.6 Å². The Bertz CT molecular complexity index is 1390. The molecule has 0 spiro atoms. The molecule has 0 radical (unpaired) electrons. The van der Waals surface area contributed by atoms with Crippen LogP contribution in [-0.2, 0) is 17.6 Å². The molecule has 0 aliphatic carbocycles. The van der Waals surface area contributed by atoms with E-state index in [-0.39, 0.29) is 17.5 Å². The van der Waals surface area contributed by atoms with Crippen molar-refractivity contribution in [3.8, 4) is 5.69 Å². The Hall–Kier alpha value is -3.94. The third kappa shape index (κ3) is 3.96. The molecule has 3 amide bonds. The third-order valence-electron chi connectivity index (χ3n) is 7.31. The first-order valence-electron chi connectivity index (χ1n) is 12.5. The topological polar surface area (TPSA) is 102 Å². The standard InChI is InChI=1S/C28H31N5O3/c1-4-19-16-21(9-8-17(19)2)33-26-22(25(30-33)27(29)35)12-14-32(28(26)36)23-11-10-20(15-18(23)3)31-13-6-5-7-24(31)34/h8-11,15-16H,4-7,12-14H2,1-3H3,(H2,29,35). The second kappa shape index (κ2) is 9.26. The van der Waals surface area contributed by atoms with Crippen LogP contribution in [0.4, 0.5) is 11.4 Å². The van der Waals surface area contributed by atoms with E-state index in [2.05, 4.69) is 12.0 Å². The number of benzene rings is 2. The van der Waals surface area contributed by atoms with Crippen molar-refractivity contribution in [3.63, 3.8) is 0 Å². The Morgan fingerprint density at radius 1 is 0.944 bits per heavy atom. The maximum atomic E-state index is 13.9. The highest BCUT2D eigenvalue weighted by Gasteiger charge is 2.35. The molecule has 3 aromatic rings. The summed E-state index contributed by atoms with van der Waals surface area (Å²) in [5.74, 6) is -0.722. The molecule has 186 valence electrons. The molecule has 8 nitrogen and oxygen atoms in total. The van der Waals surface area contributed by atoms with Crippen LogP contribution < -0.4 is 15.5 Å². The van der Waals surface area contributed by atoms with Crippen molar-refractivity contribution in [1.82, 2.24) is 9.78 Å². The van der Waals surface area contributed by atoms with Gasteiger partial charge in [0, 0.05) is 36.4 Å². The van der Waals surface area contributed by atoms with Gasteiger partial charge in [0.15, 0.2) is 5.69 Å². The average molecular weight is 486 g/mol. The number of aromatic nitrogens is 2. The van der Waals surface area contributed by atoms with Crippen molar-refractivity contribution in [2.24, 2.45) is 5.73 Å². The largest absolute Gasteiger partial charge is 0.364 e. The van der Waals surface area contributed by atoms with Crippen molar-refractivity contribution in [2.75, 3.05) is 22.9 Å². The first-order valence-corrected chi connectivity index (χ1v) is 12.5. The Kier molecular flexibility index (Phi) is 6.12. The lowest BCUT2D eigenvalue weighted by Crippen LogP contribution is -2.39. The van der Waals surface area contributed by atoms with Gasteiger partial charge in [0.2, 0.25) is 5.91 Å². The highest BCUT2D eigenvalue weighted by molar-refractivity contribution is 6.10. The van der Waals surface area contributed by atoms with Gasteiger partial charge in [-0.2, -0.15) is 5.10 Å². The molecule has 1 fully saturated rings. The monoisotopic (exact) mass is 485 g/mol. The van der Waals surface area contributed by atoms with E-state index in [1.807, 2.05) is 55.1 Å². The summed E-state index contributed by atoms with van der Waals surface area (Å²) in [5, 5.41) is 4.50. The van der Waals surface area contributed by atoms with Crippen molar-refractivity contribution in [2.45, 2.75) is 52.9 Å². The second-order valence-corrected chi connectivity index (χ2v) is 9.60. The summed E-state index contributed by atoms with van der Waals surface area (Å²) in [6, 6.07) is 11.7. The molecule has 1 aromatic heterocycles. The Morgan fingerprint density at radius 2 is 1.72 bits per heavy atom. The van der Waals surface area contributed by atoms with Crippen molar-refractivity contribution in [1.29, 1.82) is 0 Å². The minimum Gasteiger partial charge on any atom is -0.364 e. The molecule has 0 saturated carbocycles. The lowest BCUT2D eigenvalue weighted by molar-refractivity contribution is -0.119. The summed E-state index contributed by atoms with van der Waals surface area (Å²) >= 11 is 0. The predicted molar refractivity (Wildman–Crippen MR) is 139 cm³/mol. The number of anilines is 2. The van der Waals surface area contributed by atoms with E-state index in [1.54, 1.807) is 9.58 Å². The second-order valence-electron chi connectivity index (χ2n) is 9.60. The Labute approximate surface area is 210 Å². The van der Waals surface area contributed by atoms with E-state index >= 15 is 0 Å². The van der Waals surface area contributed by atoms with Crippen LogP contribution in [-0.4, -0.2) is 40.6 Å². The van der Waals surface area contributed by atoms with Crippen LogP contribution in [0.15, 0.2) is 36.4 Å². The summed E-state index contributed by atoms with van der Waals surface area (Å²) in [6.07, 6.45) is 3.80. The van der Waals surface area contributed by atoms with Crippen LogP contribution in [0.5, 0.6) is 0 Å². The number of amides is 3. The number of fused-ring (bicyclic) bond motifs is 1. The number of aryl methyl sites for hydroxylation is 3. The van der Waals surface area contributed by atoms with Crippen LogP contribution in [0.3, 0.4) is 0 Å². The molecule has 0 bridgehead atoms. The lowest BCUT2D eigenvalue weighted by Gasteiger charge is -2.31. The van der Waals surface area contributed by atoms with Crippen LogP contribution in [0.25, 0.3) is 5.69 Å². The first kappa shape index (κ1) is 23.8. The fourth-order valence-electron chi connectivity index (χ4n) is 5.33. The molecule has 2 aliphatic heterocycles. The first-order chi connectivity index (χ1) is 17.3. The number of rotatable bonds is 5. The SMILES string of the molecule is CCc1cc(-n2nc(C(N)=O)c3c2C(=O)N(c2ccc(N4CCCCC4=O)cc2C)CC3)ccc1C.